The quantitative estimate of drug-likeness (QED) is 0.788. The number of hydrogen-bond acceptors (Lipinski definition) is 6. The molecule has 2 fully saturated rings. The lowest BCUT2D eigenvalue weighted by Gasteiger charge is -2.38. The van der Waals surface area contributed by atoms with Gasteiger partial charge in [0.1, 0.15) is 11.7 Å². The van der Waals surface area contributed by atoms with Crippen molar-refractivity contribution < 1.29 is 19.1 Å². The highest BCUT2D eigenvalue weighted by Crippen LogP contribution is 2.24. The molecular formula is C20H30N4O4. The number of ether oxygens (including phenoxy) is 2. The minimum Gasteiger partial charge on any atom is -0.471 e. The molecule has 0 radical (unpaired) electrons. The van der Waals surface area contributed by atoms with Gasteiger partial charge in [0.15, 0.2) is 0 Å². The van der Waals surface area contributed by atoms with Crippen molar-refractivity contribution in [1.82, 2.24) is 19.8 Å². The Kier molecular flexibility index (Phi) is 6.36. The van der Waals surface area contributed by atoms with E-state index in [0.29, 0.717) is 25.5 Å². The number of carbonyl (C=O) groups excluding carboxylic acids is 2. The standard InChI is InChI=1S/C20H30N4O4/c1-20(2,3)28-19(26)24-11-4-6-15(13-24)18(25)23-10-5-7-16(14-23)27-17-12-21-8-9-22-17/h8-9,12,15-16H,4-7,10-11,13-14H2,1-3H3. The topological polar surface area (TPSA) is 84.9 Å². The maximum atomic E-state index is 13.1. The van der Waals surface area contributed by atoms with Crippen LogP contribution in [0.5, 0.6) is 5.88 Å². The van der Waals surface area contributed by atoms with Crippen LogP contribution < -0.4 is 4.74 Å². The SMILES string of the molecule is CC(C)(C)OC(=O)N1CCCC(C(=O)N2CCCC(Oc3cnccn3)C2)C1. The lowest BCUT2D eigenvalue weighted by Crippen LogP contribution is -2.51. The molecule has 2 unspecified atom stereocenters. The van der Waals surface area contributed by atoms with E-state index in [1.54, 1.807) is 23.5 Å². The molecular weight excluding hydrogens is 360 g/mol. The van der Waals surface area contributed by atoms with Crippen LogP contribution in [0, 0.1) is 5.92 Å². The minimum absolute atomic E-state index is 0.0834. The van der Waals surface area contributed by atoms with Gasteiger partial charge in [0.05, 0.1) is 18.7 Å². The summed E-state index contributed by atoms with van der Waals surface area (Å²) in [5.74, 6) is 0.396. The second-order valence-electron chi connectivity index (χ2n) is 8.48. The molecule has 2 atom stereocenters. The first-order valence-corrected chi connectivity index (χ1v) is 10.0. The van der Waals surface area contributed by atoms with Gasteiger partial charge in [-0.1, -0.05) is 0 Å². The van der Waals surface area contributed by atoms with Crippen molar-refractivity contribution in [2.24, 2.45) is 5.92 Å². The van der Waals surface area contributed by atoms with Crippen molar-refractivity contribution in [2.75, 3.05) is 26.2 Å². The number of aromatic nitrogens is 2. The van der Waals surface area contributed by atoms with Crippen LogP contribution in [0.25, 0.3) is 0 Å². The first-order chi connectivity index (χ1) is 13.3. The first kappa shape index (κ1) is 20.4. The van der Waals surface area contributed by atoms with Crippen molar-refractivity contribution in [3.8, 4) is 5.88 Å². The molecule has 0 N–H and O–H groups in total. The molecule has 2 amide bonds. The van der Waals surface area contributed by atoms with E-state index >= 15 is 0 Å². The van der Waals surface area contributed by atoms with Crippen LogP contribution in [0.4, 0.5) is 4.79 Å². The molecule has 8 nitrogen and oxygen atoms in total. The Morgan fingerprint density at radius 3 is 2.54 bits per heavy atom. The summed E-state index contributed by atoms with van der Waals surface area (Å²) in [6.45, 7) is 7.87. The molecule has 2 aliphatic heterocycles. The number of carbonyl (C=O) groups is 2. The smallest absolute Gasteiger partial charge is 0.410 e. The molecule has 2 aliphatic rings. The molecule has 2 saturated heterocycles. The minimum atomic E-state index is -0.536. The molecule has 8 heteroatoms. The van der Waals surface area contributed by atoms with Gasteiger partial charge in [-0.25, -0.2) is 9.78 Å². The van der Waals surface area contributed by atoms with E-state index in [1.807, 2.05) is 25.7 Å². The molecule has 1 aromatic heterocycles. The number of piperidine rings is 2. The highest BCUT2D eigenvalue weighted by Gasteiger charge is 2.35. The zero-order chi connectivity index (χ0) is 20.1. The monoisotopic (exact) mass is 390 g/mol. The maximum Gasteiger partial charge on any atom is 0.410 e. The molecule has 0 aliphatic carbocycles. The lowest BCUT2D eigenvalue weighted by molar-refractivity contribution is -0.139. The van der Waals surface area contributed by atoms with Crippen LogP contribution in [-0.4, -0.2) is 69.7 Å². The molecule has 0 spiro atoms. The number of nitrogens with zero attached hydrogens (tertiary/aromatic N) is 4. The largest absolute Gasteiger partial charge is 0.471 e. The summed E-state index contributed by atoms with van der Waals surface area (Å²) in [5, 5.41) is 0. The molecule has 154 valence electrons. The lowest BCUT2D eigenvalue weighted by atomic mass is 9.95. The molecule has 0 saturated carbocycles. The second kappa shape index (κ2) is 8.75. The van der Waals surface area contributed by atoms with Crippen LogP contribution in [-0.2, 0) is 9.53 Å². The van der Waals surface area contributed by atoms with E-state index in [4.69, 9.17) is 9.47 Å². The van der Waals surface area contributed by atoms with Crippen molar-refractivity contribution in [3.63, 3.8) is 0 Å². The second-order valence-corrected chi connectivity index (χ2v) is 8.48. The van der Waals surface area contributed by atoms with Crippen LogP contribution >= 0.6 is 0 Å². The van der Waals surface area contributed by atoms with Crippen LogP contribution in [0.2, 0.25) is 0 Å². The number of rotatable bonds is 3. The predicted molar refractivity (Wildman–Crippen MR) is 103 cm³/mol. The number of likely N-dealkylation sites (tertiary alicyclic amines) is 2. The molecule has 3 heterocycles. The van der Waals surface area contributed by atoms with Crippen molar-refractivity contribution in [1.29, 1.82) is 0 Å². The molecule has 0 aromatic carbocycles. The van der Waals surface area contributed by atoms with Gasteiger partial charge in [-0.15, -0.1) is 0 Å². The third kappa shape index (κ3) is 5.56. The van der Waals surface area contributed by atoms with Gasteiger partial charge in [-0.3, -0.25) is 9.78 Å². The van der Waals surface area contributed by atoms with Gasteiger partial charge >= 0.3 is 6.09 Å². The number of amides is 2. The summed E-state index contributed by atoms with van der Waals surface area (Å²) in [6, 6.07) is 0. The fraction of sp³-hybridized carbons (Fsp3) is 0.700. The Bertz CT molecular complexity index is 677. The zero-order valence-electron chi connectivity index (χ0n) is 17.0. The van der Waals surface area contributed by atoms with Crippen LogP contribution in [0.3, 0.4) is 0 Å². The summed E-state index contributed by atoms with van der Waals surface area (Å²) in [5.41, 5.74) is -0.536. The Morgan fingerprint density at radius 1 is 1.07 bits per heavy atom. The van der Waals surface area contributed by atoms with E-state index < -0.39 is 5.60 Å². The van der Waals surface area contributed by atoms with E-state index in [-0.39, 0.29) is 24.0 Å². The normalized spacial score (nSPS) is 23.2. The summed E-state index contributed by atoms with van der Waals surface area (Å²) in [6.07, 6.45) is 7.73. The summed E-state index contributed by atoms with van der Waals surface area (Å²) in [7, 11) is 0. The molecule has 0 bridgehead atoms. The summed E-state index contributed by atoms with van der Waals surface area (Å²) < 4.78 is 11.3. The Hall–Kier alpha value is -2.38. The van der Waals surface area contributed by atoms with Gasteiger partial charge in [0, 0.05) is 32.0 Å². The fourth-order valence-corrected chi connectivity index (χ4v) is 3.68. The average Bonchev–Trinajstić information content (AvgIpc) is 2.67. The van der Waals surface area contributed by atoms with Gasteiger partial charge < -0.3 is 19.3 Å². The molecule has 3 rings (SSSR count). The number of hydrogen-bond donors (Lipinski definition) is 0. The Labute approximate surface area is 166 Å². The average molecular weight is 390 g/mol. The van der Waals surface area contributed by atoms with E-state index in [0.717, 1.165) is 32.2 Å². The van der Waals surface area contributed by atoms with Crippen molar-refractivity contribution in [2.45, 2.75) is 58.2 Å². The van der Waals surface area contributed by atoms with E-state index in [1.165, 1.54) is 0 Å². The molecule has 28 heavy (non-hydrogen) atoms. The highest BCUT2D eigenvalue weighted by molar-refractivity contribution is 5.80. The summed E-state index contributed by atoms with van der Waals surface area (Å²) >= 11 is 0. The van der Waals surface area contributed by atoms with Crippen molar-refractivity contribution in [3.05, 3.63) is 18.6 Å². The van der Waals surface area contributed by atoms with E-state index in [2.05, 4.69) is 9.97 Å². The van der Waals surface area contributed by atoms with Gasteiger partial charge in [-0.05, 0) is 46.5 Å². The van der Waals surface area contributed by atoms with Crippen molar-refractivity contribution >= 4 is 12.0 Å². The Balaban J connectivity index is 1.56. The first-order valence-electron chi connectivity index (χ1n) is 10.0. The van der Waals surface area contributed by atoms with E-state index in [9.17, 15) is 9.59 Å². The zero-order valence-corrected chi connectivity index (χ0v) is 17.0. The summed E-state index contributed by atoms with van der Waals surface area (Å²) in [4.78, 5) is 37.1. The maximum absolute atomic E-state index is 13.1. The van der Waals surface area contributed by atoms with Crippen LogP contribution in [0.1, 0.15) is 46.5 Å². The Morgan fingerprint density at radius 2 is 1.82 bits per heavy atom. The van der Waals surface area contributed by atoms with Crippen LogP contribution in [0.15, 0.2) is 18.6 Å². The highest BCUT2D eigenvalue weighted by atomic mass is 16.6. The molecule has 1 aromatic rings. The predicted octanol–water partition coefficient (Wildman–Crippen LogP) is 2.49. The third-order valence-corrected chi connectivity index (χ3v) is 4.94. The van der Waals surface area contributed by atoms with Gasteiger partial charge in [0.2, 0.25) is 11.8 Å². The third-order valence-electron chi connectivity index (χ3n) is 4.94. The van der Waals surface area contributed by atoms with Gasteiger partial charge in [0.25, 0.3) is 0 Å². The fourth-order valence-electron chi connectivity index (χ4n) is 3.68. The van der Waals surface area contributed by atoms with Gasteiger partial charge in [-0.2, -0.15) is 0 Å².